The Kier molecular flexibility index (Phi) is 3.37. The van der Waals surface area contributed by atoms with Gasteiger partial charge in [0.05, 0.1) is 0 Å². The molecule has 2 unspecified atom stereocenters. The molecule has 0 spiro atoms. The summed E-state index contributed by atoms with van der Waals surface area (Å²) in [6.07, 6.45) is 0. The summed E-state index contributed by atoms with van der Waals surface area (Å²) in [6.45, 7) is 5.36. The van der Waals surface area contributed by atoms with E-state index in [1.54, 1.807) is 0 Å². The standard InChI is InChI=1S/C19H19N3O/c1-13-12-22(17-11-7-6-10-16(13)17)14(2)18-20-21-19(23-18)15-8-4-3-5-9-15/h3-11,13-14H,12H2,1-2H3. The van der Waals surface area contributed by atoms with Crippen molar-refractivity contribution in [2.45, 2.75) is 25.8 Å². The fourth-order valence-electron chi connectivity index (χ4n) is 3.26. The van der Waals surface area contributed by atoms with Crippen LogP contribution in [0.3, 0.4) is 0 Å². The zero-order valence-corrected chi connectivity index (χ0v) is 13.3. The Hall–Kier alpha value is -2.62. The molecule has 0 saturated carbocycles. The van der Waals surface area contributed by atoms with Crippen molar-refractivity contribution >= 4 is 5.69 Å². The Labute approximate surface area is 135 Å². The molecule has 1 aliphatic rings. The number of para-hydroxylation sites is 1. The minimum absolute atomic E-state index is 0.0612. The van der Waals surface area contributed by atoms with Crippen LogP contribution in [0, 0.1) is 0 Å². The molecular formula is C19H19N3O. The summed E-state index contributed by atoms with van der Waals surface area (Å²) in [5, 5.41) is 8.49. The van der Waals surface area contributed by atoms with E-state index in [2.05, 4.69) is 53.2 Å². The molecule has 3 aromatic rings. The summed E-state index contributed by atoms with van der Waals surface area (Å²) in [6, 6.07) is 18.5. The second-order valence-corrected chi connectivity index (χ2v) is 6.10. The van der Waals surface area contributed by atoms with E-state index >= 15 is 0 Å². The predicted octanol–water partition coefficient (Wildman–Crippen LogP) is 4.42. The maximum Gasteiger partial charge on any atom is 0.247 e. The number of anilines is 1. The Morgan fingerprint density at radius 1 is 1.04 bits per heavy atom. The first-order chi connectivity index (χ1) is 11.2. The number of rotatable bonds is 3. The van der Waals surface area contributed by atoms with Gasteiger partial charge in [-0.05, 0) is 30.7 Å². The second-order valence-electron chi connectivity index (χ2n) is 6.10. The van der Waals surface area contributed by atoms with Gasteiger partial charge in [0.1, 0.15) is 6.04 Å². The first-order valence-electron chi connectivity index (χ1n) is 7.98. The third-order valence-electron chi connectivity index (χ3n) is 4.53. The highest BCUT2D eigenvalue weighted by atomic mass is 16.4. The molecule has 2 heterocycles. The van der Waals surface area contributed by atoms with E-state index in [-0.39, 0.29) is 6.04 Å². The van der Waals surface area contributed by atoms with Crippen molar-refractivity contribution in [2.24, 2.45) is 0 Å². The van der Waals surface area contributed by atoms with Gasteiger partial charge in [0.2, 0.25) is 11.8 Å². The van der Waals surface area contributed by atoms with Gasteiger partial charge in [-0.25, -0.2) is 0 Å². The van der Waals surface area contributed by atoms with E-state index in [4.69, 9.17) is 4.42 Å². The van der Waals surface area contributed by atoms with Crippen LogP contribution in [-0.4, -0.2) is 16.7 Å². The third kappa shape index (κ3) is 2.40. The van der Waals surface area contributed by atoms with E-state index in [9.17, 15) is 0 Å². The minimum atomic E-state index is 0.0612. The second kappa shape index (κ2) is 5.54. The molecule has 1 aromatic heterocycles. The van der Waals surface area contributed by atoms with E-state index in [1.807, 2.05) is 30.3 Å². The lowest BCUT2D eigenvalue weighted by Gasteiger charge is -2.24. The Balaban J connectivity index is 1.64. The lowest BCUT2D eigenvalue weighted by molar-refractivity contribution is 0.456. The van der Waals surface area contributed by atoms with Crippen LogP contribution in [0.5, 0.6) is 0 Å². The molecule has 1 aliphatic heterocycles. The maximum atomic E-state index is 5.93. The summed E-state index contributed by atoms with van der Waals surface area (Å²) in [4.78, 5) is 2.35. The number of nitrogens with zero attached hydrogens (tertiary/aromatic N) is 3. The molecular weight excluding hydrogens is 286 g/mol. The number of fused-ring (bicyclic) bond motifs is 1. The van der Waals surface area contributed by atoms with E-state index in [0.29, 0.717) is 17.7 Å². The fourth-order valence-corrected chi connectivity index (χ4v) is 3.26. The molecule has 4 rings (SSSR count). The zero-order chi connectivity index (χ0) is 15.8. The Morgan fingerprint density at radius 2 is 1.78 bits per heavy atom. The predicted molar refractivity (Wildman–Crippen MR) is 90.4 cm³/mol. The quantitative estimate of drug-likeness (QED) is 0.718. The van der Waals surface area contributed by atoms with Crippen LogP contribution in [0.15, 0.2) is 59.0 Å². The Bertz CT molecular complexity index is 812. The maximum absolute atomic E-state index is 5.93. The van der Waals surface area contributed by atoms with Crippen molar-refractivity contribution in [3.05, 3.63) is 66.1 Å². The molecule has 116 valence electrons. The van der Waals surface area contributed by atoms with Crippen LogP contribution >= 0.6 is 0 Å². The average molecular weight is 305 g/mol. The highest BCUT2D eigenvalue weighted by molar-refractivity contribution is 5.61. The van der Waals surface area contributed by atoms with Gasteiger partial charge in [-0.3, -0.25) is 0 Å². The first-order valence-corrected chi connectivity index (χ1v) is 7.98. The van der Waals surface area contributed by atoms with Crippen LogP contribution in [0.2, 0.25) is 0 Å². The SMILES string of the molecule is CC1CN(C(C)c2nnc(-c3ccccc3)o2)c2ccccc21. The van der Waals surface area contributed by atoms with Crippen LogP contribution in [-0.2, 0) is 0 Å². The van der Waals surface area contributed by atoms with Crippen molar-refractivity contribution in [2.75, 3.05) is 11.4 Å². The largest absolute Gasteiger partial charge is 0.418 e. The van der Waals surface area contributed by atoms with Gasteiger partial charge >= 0.3 is 0 Å². The number of hydrogen-bond acceptors (Lipinski definition) is 4. The minimum Gasteiger partial charge on any atom is -0.418 e. The molecule has 0 bridgehead atoms. The molecule has 2 atom stereocenters. The van der Waals surface area contributed by atoms with Crippen molar-refractivity contribution < 1.29 is 4.42 Å². The van der Waals surface area contributed by atoms with Crippen molar-refractivity contribution in [1.82, 2.24) is 10.2 Å². The number of aromatic nitrogens is 2. The van der Waals surface area contributed by atoms with E-state index in [1.165, 1.54) is 11.3 Å². The molecule has 0 aliphatic carbocycles. The summed E-state index contributed by atoms with van der Waals surface area (Å²) in [7, 11) is 0. The fraction of sp³-hybridized carbons (Fsp3) is 0.263. The highest BCUT2D eigenvalue weighted by Gasteiger charge is 2.31. The summed E-state index contributed by atoms with van der Waals surface area (Å²) in [5.41, 5.74) is 3.61. The van der Waals surface area contributed by atoms with Gasteiger partial charge in [0.25, 0.3) is 0 Å². The molecule has 0 radical (unpaired) electrons. The lowest BCUT2D eigenvalue weighted by Crippen LogP contribution is -2.25. The molecule has 2 aromatic carbocycles. The zero-order valence-electron chi connectivity index (χ0n) is 13.3. The van der Waals surface area contributed by atoms with Gasteiger partial charge in [-0.1, -0.05) is 43.3 Å². The van der Waals surface area contributed by atoms with Gasteiger partial charge in [0.15, 0.2) is 0 Å². The van der Waals surface area contributed by atoms with E-state index < -0.39 is 0 Å². The summed E-state index contributed by atoms with van der Waals surface area (Å²) >= 11 is 0. The van der Waals surface area contributed by atoms with Crippen LogP contribution in [0.1, 0.15) is 37.3 Å². The van der Waals surface area contributed by atoms with Crippen LogP contribution in [0.4, 0.5) is 5.69 Å². The molecule has 4 nitrogen and oxygen atoms in total. The summed E-state index contributed by atoms with van der Waals surface area (Å²) in [5.74, 6) is 1.76. The van der Waals surface area contributed by atoms with Crippen molar-refractivity contribution in [1.29, 1.82) is 0 Å². The first kappa shape index (κ1) is 14.0. The monoisotopic (exact) mass is 305 g/mol. The molecule has 23 heavy (non-hydrogen) atoms. The van der Waals surface area contributed by atoms with Crippen LogP contribution < -0.4 is 4.90 Å². The molecule has 0 fully saturated rings. The summed E-state index contributed by atoms with van der Waals surface area (Å²) < 4.78 is 5.93. The van der Waals surface area contributed by atoms with Gasteiger partial charge in [0, 0.05) is 23.7 Å². The topological polar surface area (TPSA) is 42.2 Å². The number of benzene rings is 2. The molecule has 4 heteroatoms. The van der Waals surface area contributed by atoms with Crippen molar-refractivity contribution in [3.8, 4) is 11.5 Å². The number of hydrogen-bond donors (Lipinski definition) is 0. The third-order valence-corrected chi connectivity index (χ3v) is 4.53. The van der Waals surface area contributed by atoms with E-state index in [0.717, 1.165) is 12.1 Å². The highest BCUT2D eigenvalue weighted by Crippen LogP contribution is 2.40. The molecule has 0 saturated heterocycles. The van der Waals surface area contributed by atoms with Gasteiger partial charge in [-0.15, -0.1) is 10.2 Å². The van der Waals surface area contributed by atoms with Crippen molar-refractivity contribution in [3.63, 3.8) is 0 Å². The van der Waals surface area contributed by atoms with Gasteiger partial charge in [-0.2, -0.15) is 0 Å². The smallest absolute Gasteiger partial charge is 0.247 e. The normalized spacial score (nSPS) is 18.0. The molecule has 0 amide bonds. The lowest BCUT2D eigenvalue weighted by atomic mass is 10.0. The Morgan fingerprint density at radius 3 is 2.61 bits per heavy atom. The average Bonchev–Trinajstić information content (AvgIpc) is 3.21. The van der Waals surface area contributed by atoms with Crippen LogP contribution in [0.25, 0.3) is 11.5 Å². The molecule has 0 N–H and O–H groups in total. The van der Waals surface area contributed by atoms with Gasteiger partial charge < -0.3 is 9.32 Å².